The van der Waals surface area contributed by atoms with Gasteiger partial charge in [-0.05, 0) is 30.3 Å². The Morgan fingerprint density at radius 3 is 2.06 bits per heavy atom. The summed E-state index contributed by atoms with van der Waals surface area (Å²) >= 11 is 0. The zero-order valence-electron chi connectivity index (χ0n) is 11.6. The quantitative estimate of drug-likeness (QED) is 0.618. The first-order valence-corrected chi connectivity index (χ1v) is 8.87. The molecule has 0 spiro atoms. The molecule has 0 heterocycles. The lowest BCUT2D eigenvalue weighted by Gasteiger charge is -2.35. The van der Waals surface area contributed by atoms with E-state index >= 15 is 0 Å². The molecule has 1 aromatic carbocycles. The van der Waals surface area contributed by atoms with Crippen LogP contribution in [0.25, 0.3) is 0 Å². The highest BCUT2D eigenvalue weighted by Gasteiger charge is 2.40. The maximum Gasteiger partial charge on any atom is 0.324 e. The van der Waals surface area contributed by atoms with E-state index in [9.17, 15) is 9.59 Å². The molecule has 1 aromatic rings. The maximum absolute atomic E-state index is 12.0. The molecule has 0 aliphatic carbocycles. The van der Waals surface area contributed by atoms with E-state index < -0.39 is 8.32 Å². The minimum absolute atomic E-state index is 0.00853. The molecule has 0 aliphatic heterocycles. The van der Waals surface area contributed by atoms with Gasteiger partial charge in [0.05, 0.1) is 5.56 Å². The van der Waals surface area contributed by atoms with Gasteiger partial charge in [-0.2, -0.15) is 0 Å². The molecule has 0 atom stereocenters. The van der Waals surface area contributed by atoms with Crippen LogP contribution in [0.15, 0.2) is 24.3 Å². The number of hydrogen-bond donors (Lipinski definition) is 0. The van der Waals surface area contributed by atoms with Crippen molar-refractivity contribution < 1.29 is 14.0 Å². The van der Waals surface area contributed by atoms with Gasteiger partial charge in [0.25, 0.3) is 8.32 Å². The summed E-state index contributed by atoms with van der Waals surface area (Å²) in [5, 5.41) is -0.00853. The van der Waals surface area contributed by atoms with E-state index in [1.807, 2.05) is 13.1 Å². The smallest absolute Gasteiger partial charge is 0.324 e. The lowest BCUT2D eigenvalue weighted by molar-refractivity contribution is 0.0712. The fraction of sp³-hybridized carbons (Fsp3) is 0.429. The second-order valence-corrected chi connectivity index (χ2v) is 10.6. The van der Waals surface area contributed by atoms with E-state index in [-0.39, 0.29) is 11.0 Å². The SMILES string of the molecule is CC(C)(C)[Si](C)(C)OC(=O)c1ccc(C=O)cc1. The van der Waals surface area contributed by atoms with E-state index in [1.165, 1.54) is 0 Å². The van der Waals surface area contributed by atoms with Crippen molar-refractivity contribution in [2.75, 3.05) is 0 Å². The van der Waals surface area contributed by atoms with Gasteiger partial charge in [-0.3, -0.25) is 4.79 Å². The largest absolute Gasteiger partial charge is 0.516 e. The molecule has 0 N–H and O–H groups in total. The van der Waals surface area contributed by atoms with E-state index in [0.717, 1.165) is 6.29 Å². The van der Waals surface area contributed by atoms with Crippen molar-refractivity contribution in [2.45, 2.75) is 38.9 Å². The molecule has 0 aliphatic rings. The third kappa shape index (κ3) is 3.29. The molecule has 0 saturated heterocycles. The number of aldehydes is 1. The Bertz CT molecular complexity index is 441. The summed E-state index contributed by atoms with van der Waals surface area (Å²) in [6, 6.07) is 6.49. The van der Waals surface area contributed by atoms with Gasteiger partial charge in [0, 0.05) is 5.56 Å². The van der Waals surface area contributed by atoms with Gasteiger partial charge >= 0.3 is 5.97 Å². The molecule has 0 unspecified atom stereocenters. The average Bonchev–Trinajstić information content (AvgIpc) is 2.27. The van der Waals surface area contributed by atoms with Crippen LogP contribution in [0.3, 0.4) is 0 Å². The standard InChI is InChI=1S/C14H20O3Si/c1-14(2,3)18(4,5)17-13(16)12-8-6-11(10-15)7-9-12/h6-10H,1-5H3. The van der Waals surface area contributed by atoms with Crippen LogP contribution in [-0.4, -0.2) is 20.6 Å². The topological polar surface area (TPSA) is 43.4 Å². The van der Waals surface area contributed by atoms with Gasteiger partial charge in [0.2, 0.25) is 0 Å². The Morgan fingerprint density at radius 2 is 1.67 bits per heavy atom. The Morgan fingerprint density at radius 1 is 1.17 bits per heavy atom. The third-order valence-electron chi connectivity index (χ3n) is 3.44. The van der Waals surface area contributed by atoms with Crippen molar-refractivity contribution in [3.63, 3.8) is 0 Å². The molecular weight excluding hydrogens is 244 g/mol. The van der Waals surface area contributed by atoms with E-state index in [4.69, 9.17) is 4.43 Å². The highest BCUT2D eigenvalue weighted by Crippen LogP contribution is 2.37. The zero-order chi connectivity index (χ0) is 14.0. The first kappa shape index (κ1) is 14.6. The van der Waals surface area contributed by atoms with Crippen LogP contribution in [0, 0.1) is 0 Å². The van der Waals surface area contributed by atoms with Crippen molar-refractivity contribution >= 4 is 20.6 Å². The summed E-state index contributed by atoms with van der Waals surface area (Å²) in [7, 11) is -2.09. The molecule has 3 nitrogen and oxygen atoms in total. The van der Waals surface area contributed by atoms with Gasteiger partial charge in [0.15, 0.2) is 0 Å². The molecule has 1 rings (SSSR count). The molecule has 0 bridgehead atoms. The number of rotatable bonds is 3. The van der Waals surface area contributed by atoms with Gasteiger partial charge in [-0.15, -0.1) is 0 Å². The van der Waals surface area contributed by atoms with Crippen LogP contribution in [-0.2, 0) is 4.43 Å². The van der Waals surface area contributed by atoms with Crippen LogP contribution in [0.5, 0.6) is 0 Å². The van der Waals surface area contributed by atoms with Crippen molar-refractivity contribution in [3.05, 3.63) is 35.4 Å². The highest BCUT2D eigenvalue weighted by atomic mass is 28.4. The zero-order valence-corrected chi connectivity index (χ0v) is 12.6. The van der Waals surface area contributed by atoms with Gasteiger partial charge in [0.1, 0.15) is 6.29 Å². The van der Waals surface area contributed by atoms with Crippen LogP contribution in [0.4, 0.5) is 0 Å². The predicted octanol–water partition coefficient (Wildman–Crippen LogP) is 3.66. The number of carbonyl (C=O) groups is 2. The van der Waals surface area contributed by atoms with Crippen molar-refractivity contribution in [1.82, 2.24) is 0 Å². The minimum Gasteiger partial charge on any atom is -0.516 e. The summed E-state index contributed by atoms with van der Waals surface area (Å²) < 4.78 is 5.67. The van der Waals surface area contributed by atoms with Gasteiger partial charge < -0.3 is 4.43 Å². The van der Waals surface area contributed by atoms with Gasteiger partial charge in [-0.1, -0.05) is 32.9 Å². The summed E-state index contributed by atoms with van der Waals surface area (Å²) in [5.41, 5.74) is 1.05. The normalized spacial score (nSPS) is 12.1. The van der Waals surface area contributed by atoms with E-state index in [0.29, 0.717) is 11.1 Å². The summed E-state index contributed by atoms with van der Waals surface area (Å²) in [6.45, 7) is 10.3. The third-order valence-corrected chi connectivity index (χ3v) is 7.74. The maximum atomic E-state index is 12.0. The Labute approximate surface area is 109 Å². The molecule has 98 valence electrons. The first-order chi connectivity index (χ1) is 8.17. The molecule has 0 amide bonds. The van der Waals surface area contributed by atoms with Crippen molar-refractivity contribution in [2.24, 2.45) is 0 Å². The fourth-order valence-corrected chi connectivity index (χ4v) is 2.03. The average molecular weight is 264 g/mol. The Hall–Kier alpha value is -1.42. The van der Waals surface area contributed by atoms with Crippen molar-refractivity contribution in [1.29, 1.82) is 0 Å². The summed E-state index contributed by atoms with van der Waals surface area (Å²) in [6.07, 6.45) is 0.753. The van der Waals surface area contributed by atoms with E-state index in [1.54, 1.807) is 24.3 Å². The molecule has 0 aromatic heterocycles. The number of benzene rings is 1. The van der Waals surface area contributed by atoms with Crippen LogP contribution in [0.1, 0.15) is 41.5 Å². The Kier molecular flexibility index (Phi) is 4.11. The number of carbonyl (C=O) groups excluding carboxylic acids is 2. The number of hydrogen-bond acceptors (Lipinski definition) is 3. The summed E-state index contributed by atoms with van der Waals surface area (Å²) in [5.74, 6) is -0.306. The molecule has 0 fully saturated rings. The molecule has 18 heavy (non-hydrogen) atoms. The van der Waals surface area contributed by atoms with Crippen LogP contribution in [0.2, 0.25) is 18.1 Å². The summed E-state index contributed by atoms with van der Waals surface area (Å²) in [4.78, 5) is 22.6. The fourth-order valence-electron chi connectivity index (χ4n) is 1.14. The molecule has 0 radical (unpaired) electrons. The van der Waals surface area contributed by atoms with Crippen LogP contribution < -0.4 is 0 Å². The predicted molar refractivity (Wildman–Crippen MR) is 74.4 cm³/mol. The second-order valence-electron chi connectivity index (χ2n) is 5.89. The van der Waals surface area contributed by atoms with Gasteiger partial charge in [-0.25, -0.2) is 4.79 Å². The highest BCUT2D eigenvalue weighted by molar-refractivity contribution is 6.75. The van der Waals surface area contributed by atoms with Crippen LogP contribution >= 0.6 is 0 Å². The van der Waals surface area contributed by atoms with Crippen molar-refractivity contribution in [3.8, 4) is 0 Å². The lowest BCUT2D eigenvalue weighted by Crippen LogP contribution is -2.42. The Balaban J connectivity index is 2.85. The molecule has 4 heteroatoms. The molecule has 0 saturated carbocycles. The first-order valence-electron chi connectivity index (χ1n) is 5.96. The monoisotopic (exact) mass is 264 g/mol. The minimum atomic E-state index is -2.09. The van der Waals surface area contributed by atoms with E-state index in [2.05, 4.69) is 20.8 Å². The molecular formula is C14H20O3Si. The lowest BCUT2D eigenvalue weighted by atomic mass is 10.1. The second kappa shape index (κ2) is 5.06.